The predicted octanol–water partition coefficient (Wildman–Crippen LogP) is 4.81. The normalized spacial score (nSPS) is 24.4. The van der Waals surface area contributed by atoms with E-state index < -0.39 is 12.1 Å². The van der Waals surface area contributed by atoms with Gasteiger partial charge in [-0.05, 0) is 48.8 Å². The summed E-state index contributed by atoms with van der Waals surface area (Å²) in [7, 11) is 0. The summed E-state index contributed by atoms with van der Waals surface area (Å²) in [5.74, 6) is 0.428. The molecular formula is C24H33F3N2O3. The zero-order valence-corrected chi connectivity index (χ0v) is 18.8. The van der Waals surface area contributed by atoms with Crippen molar-refractivity contribution < 1.29 is 27.5 Å². The van der Waals surface area contributed by atoms with Crippen molar-refractivity contribution in [3.63, 3.8) is 0 Å². The summed E-state index contributed by atoms with van der Waals surface area (Å²) in [6, 6.07) is 6.87. The molecule has 2 amide bonds. The van der Waals surface area contributed by atoms with Crippen LogP contribution in [0.25, 0.3) is 0 Å². The molecule has 3 unspecified atom stereocenters. The van der Waals surface area contributed by atoms with Crippen LogP contribution in [0.5, 0.6) is 5.75 Å². The Morgan fingerprint density at radius 2 is 1.91 bits per heavy atom. The summed E-state index contributed by atoms with van der Waals surface area (Å²) in [6.07, 6.45) is 0.327. The van der Waals surface area contributed by atoms with Crippen LogP contribution in [0.4, 0.5) is 13.2 Å². The molecule has 1 saturated heterocycles. The van der Waals surface area contributed by atoms with Gasteiger partial charge in [0, 0.05) is 38.0 Å². The number of hydrogen-bond donors (Lipinski definition) is 1. The second-order valence-electron chi connectivity index (χ2n) is 9.21. The van der Waals surface area contributed by atoms with Gasteiger partial charge in [0.15, 0.2) is 0 Å². The van der Waals surface area contributed by atoms with E-state index in [1.54, 1.807) is 24.3 Å². The number of alkyl halides is 3. The first-order valence-corrected chi connectivity index (χ1v) is 11.6. The van der Waals surface area contributed by atoms with Gasteiger partial charge in [0.05, 0.1) is 0 Å². The zero-order valence-electron chi connectivity index (χ0n) is 18.8. The highest BCUT2D eigenvalue weighted by atomic mass is 19.4. The van der Waals surface area contributed by atoms with Gasteiger partial charge < -0.3 is 15.0 Å². The van der Waals surface area contributed by atoms with Crippen LogP contribution in [0, 0.1) is 17.8 Å². The van der Waals surface area contributed by atoms with Crippen molar-refractivity contribution in [3.05, 3.63) is 29.8 Å². The minimum absolute atomic E-state index is 0.00177. The molecule has 5 nitrogen and oxygen atoms in total. The second-order valence-corrected chi connectivity index (χ2v) is 9.21. The van der Waals surface area contributed by atoms with Crippen molar-refractivity contribution in [1.82, 2.24) is 10.2 Å². The van der Waals surface area contributed by atoms with Crippen LogP contribution < -0.4 is 10.1 Å². The summed E-state index contributed by atoms with van der Waals surface area (Å²) in [5, 5.41) is 3.05. The highest BCUT2D eigenvalue weighted by Gasteiger charge is 2.43. The molecule has 0 spiro atoms. The highest BCUT2D eigenvalue weighted by Crippen LogP contribution is 2.38. The Labute approximate surface area is 187 Å². The van der Waals surface area contributed by atoms with Gasteiger partial charge in [-0.3, -0.25) is 9.59 Å². The summed E-state index contributed by atoms with van der Waals surface area (Å²) >= 11 is 0. The van der Waals surface area contributed by atoms with E-state index in [0.29, 0.717) is 42.5 Å². The number of carbonyl (C=O) groups is 2. The fourth-order valence-corrected chi connectivity index (χ4v) is 4.99. The van der Waals surface area contributed by atoms with Crippen LogP contribution in [0.2, 0.25) is 0 Å². The van der Waals surface area contributed by atoms with Crippen molar-refractivity contribution in [3.8, 4) is 5.75 Å². The van der Waals surface area contributed by atoms with E-state index in [4.69, 9.17) is 4.74 Å². The predicted molar refractivity (Wildman–Crippen MR) is 115 cm³/mol. The minimum Gasteiger partial charge on any atom is -0.490 e. The lowest BCUT2D eigenvalue weighted by Gasteiger charge is -2.32. The summed E-state index contributed by atoms with van der Waals surface area (Å²) in [4.78, 5) is 24.8. The SMILES string of the molecule is CCCC1CC(C)C(CNC(=O)c2cccc(OC3CCN(C(=O)C(F)(F)F)CC3)c2)C1. The number of nitrogens with one attached hydrogen (secondary N) is 1. The molecule has 0 aromatic heterocycles. The number of hydrogen-bond acceptors (Lipinski definition) is 3. The molecule has 0 radical (unpaired) electrons. The van der Waals surface area contributed by atoms with Crippen molar-refractivity contribution in [2.75, 3.05) is 19.6 Å². The summed E-state index contributed by atoms with van der Waals surface area (Å²) in [5.41, 5.74) is 0.503. The van der Waals surface area contributed by atoms with Gasteiger partial charge in [0.2, 0.25) is 0 Å². The molecule has 0 bridgehead atoms. The maximum absolute atomic E-state index is 12.7. The van der Waals surface area contributed by atoms with E-state index in [-0.39, 0.29) is 25.1 Å². The van der Waals surface area contributed by atoms with Gasteiger partial charge in [-0.2, -0.15) is 13.2 Å². The number of halogens is 3. The lowest BCUT2D eigenvalue weighted by atomic mass is 9.98. The van der Waals surface area contributed by atoms with Crippen LogP contribution in [0.15, 0.2) is 24.3 Å². The van der Waals surface area contributed by atoms with Gasteiger partial charge >= 0.3 is 12.1 Å². The summed E-state index contributed by atoms with van der Waals surface area (Å²) < 4.78 is 43.6. The van der Waals surface area contributed by atoms with Crippen molar-refractivity contribution in [1.29, 1.82) is 0 Å². The van der Waals surface area contributed by atoms with Crippen LogP contribution >= 0.6 is 0 Å². The third kappa shape index (κ3) is 6.39. The van der Waals surface area contributed by atoms with Gasteiger partial charge in [-0.1, -0.05) is 32.8 Å². The molecule has 178 valence electrons. The average Bonchev–Trinajstić information content (AvgIpc) is 3.11. The number of benzene rings is 1. The number of rotatable bonds is 7. The van der Waals surface area contributed by atoms with Crippen LogP contribution in [-0.2, 0) is 4.79 Å². The Hall–Kier alpha value is -2.25. The van der Waals surface area contributed by atoms with E-state index in [0.717, 1.165) is 17.2 Å². The van der Waals surface area contributed by atoms with E-state index in [1.165, 1.54) is 19.3 Å². The van der Waals surface area contributed by atoms with Crippen molar-refractivity contribution in [2.45, 2.75) is 64.7 Å². The molecule has 1 aliphatic carbocycles. The number of amides is 2. The van der Waals surface area contributed by atoms with Gasteiger partial charge in [0.25, 0.3) is 5.91 Å². The first-order chi connectivity index (χ1) is 15.2. The van der Waals surface area contributed by atoms with E-state index in [9.17, 15) is 22.8 Å². The molecule has 2 aliphatic rings. The van der Waals surface area contributed by atoms with Crippen molar-refractivity contribution >= 4 is 11.8 Å². The second kappa shape index (κ2) is 10.6. The van der Waals surface area contributed by atoms with E-state index >= 15 is 0 Å². The fraction of sp³-hybridized carbons (Fsp3) is 0.667. The lowest BCUT2D eigenvalue weighted by Crippen LogP contribution is -2.47. The third-order valence-electron chi connectivity index (χ3n) is 6.74. The van der Waals surface area contributed by atoms with Crippen LogP contribution in [-0.4, -0.2) is 48.6 Å². The molecule has 3 atom stereocenters. The van der Waals surface area contributed by atoms with E-state index in [1.807, 2.05) is 0 Å². The maximum atomic E-state index is 12.7. The van der Waals surface area contributed by atoms with Gasteiger partial charge in [-0.25, -0.2) is 0 Å². The third-order valence-corrected chi connectivity index (χ3v) is 6.74. The molecule has 1 heterocycles. The molecule has 2 fully saturated rings. The molecule has 1 aromatic rings. The lowest BCUT2D eigenvalue weighted by molar-refractivity contribution is -0.187. The van der Waals surface area contributed by atoms with Gasteiger partial charge in [-0.15, -0.1) is 0 Å². The van der Waals surface area contributed by atoms with Crippen LogP contribution in [0.1, 0.15) is 62.7 Å². The fourth-order valence-electron chi connectivity index (χ4n) is 4.99. The Balaban J connectivity index is 1.48. The average molecular weight is 455 g/mol. The summed E-state index contributed by atoms with van der Waals surface area (Å²) in [6.45, 7) is 5.13. The molecule has 8 heteroatoms. The largest absolute Gasteiger partial charge is 0.490 e. The number of carbonyl (C=O) groups excluding carboxylic acids is 2. The highest BCUT2D eigenvalue weighted by molar-refractivity contribution is 5.94. The number of nitrogens with zero attached hydrogens (tertiary/aromatic N) is 1. The minimum atomic E-state index is -4.84. The molecular weight excluding hydrogens is 421 g/mol. The van der Waals surface area contributed by atoms with Crippen LogP contribution in [0.3, 0.4) is 0 Å². The smallest absolute Gasteiger partial charge is 0.471 e. The topological polar surface area (TPSA) is 58.6 Å². The molecule has 3 rings (SSSR count). The molecule has 1 aliphatic heterocycles. The standard InChI is InChI=1S/C24H33F3N2O3/c1-3-5-17-12-16(2)19(13-17)15-28-22(30)18-6-4-7-21(14-18)32-20-8-10-29(11-9-20)23(31)24(25,26)27/h4,6-7,14,16-17,19-20H,3,5,8-13,15H2,1-2H3,(H,28,30). The van der Waals surface area contributed by atoms with Gasteiger partial charge in [0.1, 0.15) is 11.9 Å². The maximum Gasteiger partial charge on any atom is 0.471 e. The molecule has 32 heavy (non-hydrogen) atoms. The number of piperidine rings is 1. The quantitative estimate of drug-likeness (QED) is 0.643. The molecule has 1 saturated carbocycles. The first kappa shape index (κ1) is 24.4. The molecule has 1 aromatic carbocycles. The zero-order chi connectivity index (χ0) is 23.3. The monoisotopic (exact) mass is 454 g/mol. The number of likely N-dealkylation sites (tertiary alicyclic amines) is 1. The Morgan fingerprint density at radius 1 is 1.19 bits per heavy atom. The van der Waals surface area contributed by atoms with E-state index in [2.05, 4.69) is 19.2 Å². The number of ether oxygens (including phenoxy) is 1. The Kier molecular flexibility index (Phi) is 8.06. The Morgan fingerprint density at radius 3 is 2.56 bits per heavy atom. The first-order valence-electron chi connectivity index (χ1n) is 11.6. The Bertz CT molecular complexity index is 791. The van der Waals surface area contributed by atoms with Crippen molar-refractivity contribution in [2.24, 2.45) is 17.8 Å². The molecule has 1 N–H and O–H groups in total.